The molecular formula is C20H19NO3. The minimum Gasteiger partial charge on any atom is -0.493 e. The van der Waals surface area contributed by atoms with Crippen molar-refractivity contribution in [3.63, 3.8) is 0 Å². The summed E-state index contributed by atoms with van der Waals surface area (Å²) in [6.07, 6.45) is 0. The fourth-order valence-corrected chi connectivity index (χ4v) is 2.56. The Bertz CT molecular complexity index is 868. The maximum atomic E-state index is 12.2. The molecule has 0 bridgehead atoms. The summed E-state index contributed by atoms with van der Waals surface area (Å²) in [5.41, 5.74) is 1.84. The van der Waals surface area contributed by atoms with Gasteiger partial charge in [-0.2, -0.15) is 0 Å². The number of hydrogen-bond donors (Lipinski definition) is 1. The highest BCUT2D eigenvalue weighted by Crippen LogP contribution is 2.28. The van der Waals surface area contributed by atoms with E-state index in [0.29, 0.717) is 11.5 Å². The van der Waals surface area contributed by atoms with Crippen LogP contribution in [0.2, 0.25) is 0 Å². The zero-order valence-corrected chi connectivity index (χ0v) is 13.7. The molecule has 0 unspecified atom stereocenters. The molecule has 122 valence electrons. The largest absolute Gasteiger partial charge is 0.493 e. The van der Waals surface area contributed by atoms with Gasteiger partial charge in [-0.25, -0.2) is 0 Å². The number of carbonyl (C=O) groups excluding carboxylic acids is 1. The molecule has 0 heterocycles. The van der Waals surface area contributed by atoms with Crippen molar-refractivity contribution < 1.29 is 14.3 Å². The van der Waals surface area contributed by atoms with Crippen LogP contribution < -0.4 is 14.8 Å². The Morgan fingerprint density at radius 2 is 1.79 bits per heavy atom. The molecule has 3 aromatic rings. The van der Waals surface area contributed by atoms with E-state index in [4.69, 9.17) is 9.47 Å². The molecular weight excluding hydrogens is 302 g/mol. The highest BCUT2D eigenvalue weighted by molar-refractivity contribution is 6.02. The van der Waals surface area contributed by atoms with Crippen LogP contribution in [0.1, 0.15) is 5.56 Å². The molecule has 0 saturated carbocycles. The van der Waals surface area contributed by atoms with Gasteiger partial charge in [-0.3, -0.25) is 4.79 Å². The van der Waals surface area contributed by atoms with E-state index in [1.807, 2.05) is 61.5 Å². The zero-order chi connectivity index (χ0) is 16.9. The summed E-state index contributed by atoms with van der Waals surface area (Å²) in [7, 11) is 1.58. The first-order chi connectivity index (χ1) is 11.7. The fourth-order valence-electron chi connectivity index (χ4n) is 2.56. The number of hydrogen-bond acceptors (Lipinski definition) is 3. The van der Waals surface area contributed by atoms with Crippen molar-refractivity contribution in [3.05, 3.63) is 66.2 Å². The number of rotatable bonds is 5. The van der Waals surface area contributed by atoms with Crippen molar-refractivity contribution in [1.29, 1.82) is 0 Å². The van der Waals surface area contributed by atoms with Crippen LogP contribution >= 0.6 is 0 Å². The van der Waals surface area contributed by atoms with E-state index < -0.39 is 0 Å². The second kappa shape index (κ2) is 7.04. The molecule has 0 aliphatic heterocycles. The number of amides is 1. The Morgan fingerprint density at radius 1 is 1.00 bits per heavy atom. The van der Waals surface area contributed by atoms with Gasteiger partial charge in [0, 0.05) is 11.1 Å². The number of aryl methyl sites for hydroxylation is 1. The summed E-state index contributed by atoms with van der Waals surface area (Å²) in [5.74, 6) is 0.957. The summed E-state index contributed by atoms with van der Waals surface area (Å²) in [6, 6.07) is 19.3. The van der Waals surface area contributed by atoms with Gasteiger partial charge < -0.3 is 14.8 Å². The lowest BCUT2D eigenvalue weighted by atomic mass is 10.1. The van der Waals surface area contributed by atoms with Crippen LogP contribution in [0.4, 0.5) is 5.69 Å². The van der Waals surface area contributed by atoms with Crippen LogP contribution in [0.15, 0.2) is 60.7 Å². The van der Waals surface area contributed by atoms with Gasteiger partial charge in [0.15, 0.2) is 18.1 Å². The van der Waals surface area contributed by atoms with E-state index in [2.05, 4.69) is 5.32 Å². The summed E-state index contributed by atoms with van der Waals surface area (Å²) < 4.78 is 10.9. The number of benzene rings is 3. The molecule has 3 rings (SSSR count). The zero-order valence-electron chi connectivity index (χ0n) is 13.7. The van der Waals surface area contributed by atoms with Crippen molar-refractivity contribution in [1.82, 2.24) is 0 Å². The minimum atomic E-state index is -0.214. The van der Waals surface area contributed by atoms with E-state index in [1.165, 1.54) is 0 Å². The van der Waals surface area contributed by atoms with Gasteiger partial charge in [0.05, 0.1) is 7.11 Å². The molecule has 0 atom stereocenters. The smallest absolute Gasteiger partial charge is 0.262 e. The first kappa shape index (κ1) is 15.9. The number of nitrogens with one attached hydrogen (secondary N) is 1. The van der Waals surface area contributed by atoms with Crippen molar-refractivity contribution >= 4 is 22.4 Å². The number of carbonyl (C=O) groups is 1. The lowest BCUT2D eigenvalue weighted by Crippen LogP contribution is -2.20. The minimum absolute atomic E-state index is 0.0807. The third-order valence-corrected chi connectivity index (χ3v) is 3.74. The molecule has 4 nitrogen and oxygen atoms in total. The average molecular weight is 321 g/mol. The Balaban J connectivity index is 1.70. The molecule has 0 fully saturated rings. The molecule has 4 heteroatoms. The van der Waals surface area contributed by atoms with E-state index in [0.717, 1.165) is 22.0 Å². The van der Waals surface area contributed by atoms with Gasteiger partial charge in [-0.1, -0.05) is 42.5 Å². The van der Waals surface area contributed by atoms with Gasteiger partial charge in [-0.15, -0.1) is 0 Å². The molecule has 0 aliphatic rings. The second-order valence-electron chi connectivity index (χ2n) is 5.52. The lowest BCUT2D eigenvalue weighted by molar-refractivity contribution is -0.118. The SMILES string of the molecule is COc1cc(C)ccc1OCC(=O)Nc1cccc2ccccc12. The third-order valence-electron chi connectivity index (χ3n) is 3.74. The Kier molecular flexibility index (Phi) is 4.66. The second-order valence-corrected chi connectivity index (χ2v) is 5.52. The molecule has 0 radical (unpaired) electrons. The van der Waals surface area contributed by atoms with Crippen LogP contribution in [0.3, 0.4) is 0 Å². The van der Waals surface area contributed by atoms with E-state index in [-0.39, 0.29) is 12.5 Å². The van der Waals surface area contributed by atoms with Crippen LogP contribution in [-0.2, 0) is 4.79 Å². The number of anilines is 1. The van der Waals surface area contributed by atoms with Crippen LogP contribution in [0.25, 0.3) is 10.8 Å². The van der Waals surface area contributed by atoms with E-state index >= 15 is 0 Å². The normalized spacial score (nSPS) is 10.4. The molecule has 0 saturated heterocycles. The van der Waals surface area contributed by atoms with Crippen LogP contribution in [0.5, 0.6) is 11.5 Å². The average Bonchev–Trinajstić information content (AvgIpc) is 2.61. The Hall–Kier alpha value is -3.01. The van der Waals surface area contributed by atoms with Gasteiger partial charge in [0.25, 0.3) is 5.91 Å². The van der Waals surface area contributed by atoms with Gasteiger partial charge >= 0.3 is 0 Å². The number of fused-ring (bicyclic) bond motifs is 1. The van der Waals surface area contributed by atoms with Crippen LogP contribution in [-0.4, -0.2) is 19.6 Å². The van der Waals surface area contributed by atoms with Crippen molar-refractivity contribution in [3.8, 4) is 11.5 Å². The number of ether oxygens (including phenoxy) is 2. The first-order valence-electron chi connectivity index (χ1n) is 7.72. The van der Waals surface area contributed by atoms with Gasteiger partial charge in [-0.05, 0) is 36.1 Å². The van der Waals surface area contributed by atoms with E-state index in [9.17, 15) is 4.79 Å². The van der Waals surface area contributed by atoms with Crippen molar-refractivity contribution in [2.24, 2.45) is 0 Å². The van der Waals surface area contributed by atoms with Crippen molar-refractivity contribution in [2.75, 3.05) is 19.0 Å². The van der Waals surface area contributed by atoms with Crippen LogP contribution in [0, 0.1) is 6.92 Å². The third kappa shape index (κ3) is 3.49. The predicted molar refractivity (Wildman–Crippen MR) is 95.8 cm³/mol. The Morgan fingerprint density at radius 3 is 2.62 bits per heavy atom. The lowest BCUT2D eigenvalue weighted by Gasteiger charge is -2.12. The highest BCUT2D eigenvalue weighted by Gasteiger charge is 2.09. The fraction of sp³-hybridized carbons (Fsp3) is 0.150. The summed E-state index contributed by atoms with van der Waals surface area (Å²) in [5, 5.41) is 4.98. The summed E-state index contributed by atoms with van der Waals surface area (Å²) >= 11 is 0. The molecule has 0 spiro atoms. The predicted octanol–water partition coefficient (Wildman–Crippen LogP) is 4.17. The highest BCUT2D eigenvalue weighted by atomic mass is 16.5. The monoisotopic (exact) mass is 321 g/mol. The van der Waals surface area contributed by atoms with Gasteiger partial charge in [0.2, 0.25) is 0 Å². The molecule has 0 aliphatic carbocycles. The first-order valence-corrected chi connectivity index (χ1v) is 7.72. The molecule has 1 amide bonds. The molecule has 0 aromatic heterocycles. The maximum absolute atomic E-state index is 12.2. The maximum Gasteiger partial charge on any atom is 0.262 e. The number of methoxy groups -OCH3 is 1. The molecule has 24 heavy (non-hydrogen) atoms. The quantitative estimate of drug-likeness (QED) is 0.767. The summed E-state index contributed by atoms with van der Waals surface area (Å²) in [6.45, 7) is 1.89. The topological polar surface area (TPSA) is 47.6 Å². The van der Waals surface area contributed by atoms with Crippen molar-refractivity contribution in [2.45, 2.75) is 6.92 Å². The Labute approximate surface area is 141 Å². The molecule has 1 N–H and O–H groups in total. The molecule has 3 aromatic carbocycles. The summed E-state index contributed by atoms with van der Waals surface area (Å²) in [4.78, 5) is 12.2. The van der Waals surface area contributed by atoms with E-state index in [1.54, 1.807) is 13.2 Å². The van der Waals surface area contributed by atoms with Gasteiger partial charge in [0.1, 0.15) is 0 Å². The standard InChI is InChI=1S/C20H19NO3/c1-14-10-11-18(19(12-14)23-2)24-13-20(22)21-17-9-5-7-15-6-3-4-8-16(15)17/h3-12H,13H2,1-2H3,(H,21,22).